The first-order valence-corrected chi connectivity index (χ1v) is 5.38. The Morgan fingerprint density at radius 1 is 1.73 bits per heavy atom. The molecule has 0 unspecified atom stereocenters. The number of halogens is 2. The van der Waals surface area contributed by atoms with Gasteiger partial charge in [0.15, 0.2) is 0 Å². The van der Waals surface area contributed by atoms with E-state index in [0.29, 0.717) is 15.7 Å². The number of carbonyl (C=O) groups excluding carboxylic acids is 1. The molecule has 0 saturated heterocycles. The molecule has 0 N–H and O–H groups in total. The molecule has 15 heavy (non-hydrogen) atoms. The number of hydrogen-bond acceptors (Lipinski definition) is 3. The van der Waals surface area contributed by atoms with Crippen LogP contribution >= 0.6 is 22.6 Å². The van der Waals surface area contributed by atoms with E-state index in [9.17, 15) is 9.18 Å². The van der Waals surface area contributed by atoms with E-state index < -0.39 is 11.9 Å². The predicted octanol–water partition coefficient (Wildman–Crippen LogP) is 2.40. The van der Waals surface area contributed by atoms with Crippen molar-refractivity contribution in [2.75, 3.05) is 6.61 Å². The Kier molecular flexibility index (Phi) is 4.67. The van der Waals surface area contributed by atoms with Crippen LogP contribution in [0.1, 0.15) is 12.5 Å². The maximum atomic E-state index is 13.2. The number of ether oxygens (including phenoxy) is 1. The van der Waals surface area contributed by atoms with Gasteiger partial charge < -0.3 is 4.74 Å². The Morgan fingerprint density at radius 3 is 3.07 bits per heavy atom. The number of hydrogen-bond donors (Lipinski definition) is 0. The van der Waals surface area contributed by atoms with Gasteiger partial charge in [0, 0.05) is 21.4 Å². The van der Waals surface area contributed by atoms with Crippen LogP contribution in [0.5, 0.6) is 0 Å². The van der Waals surface area contributed by atoms with Crippen molar-refractivity contribution in [3.8, 4) is 0 Å². The molecule has 5 heteroatoms. The average molecular weight is 321 g/mol. The first kappa shape index (κ1) is 12.1. The monoisotopic (exact) mass is 321 g/mol. The summed E-state index contributed by atoms with van der Waals surface area (Å²) in [4.78, 5) is 14.5. The van der Waals surface area contributed by atoms with Crippen molar-refractivity contribution in [3.63, 3.8) is 0 Å². The van der Waals surface area contributed by atoms with Gasteiger partial charge in [0.25, 0.3) is 0 Å². The van der Waals surface area contributed by atoms with E-state index in [4.69, 9.17) is 0 Å². The molecule has 80 valence electrons. The van der Waals surface area contributed by atoms with Crippen LogP contribution in [0.2, 0.25) is 0 Å². The van der Waals surface area contributed by atoms with Crippen molar-refractivity contribution in [2.24, 2.45) is 0 Å². The van der Waals surface area contributed by atoms with Crippen LogP contribution in [0.25, 0.3) is 6.08 Å². The van der Waals surface area contributed by atoms with Crippen molar-refractivity contribution in [1.82, 2.24) is 4.98 Å². The number of rotatable bonds is 3. The second kappa shape index (κ2) is 5.79. The lowest BCUT2D eigenvalue weighted by molar-refractivity contribution is -0.137. The summed E-state index contributed by atoms with van der Waals surface area (Å²) in [6, 6.07) is 1.66. The molecule has 0 aliphatic carbocycles. The molecule has 0 spiro atoms. The minimum absolute atomic E-state index is 0.297. The van der Waals surface area contributed by atoms with Gasteiger partial charge in [-0.3, -0.25) is 0 Å². The zero-order valence-corrected chi connectivity index (χ0v) is 10.2. The summed E-state index contributed by atoms with van der Waals surface area (Å²) >= 11 is 1.97. The van der Waals surface area contributed by atoms with Crippen LogP contribution in [-0.4, -0.2) is 17.6 Å². The predicted molar refractivity (Wildman–Crippen MR) is 62.6 cm³/mol. The van der Waals surface area contributed by atoms with E-state index in [1.54, 1.807) is 13.0 Å². The molecule has 0 amide bonds. The van der Waals surface area contributed by atoms with Crippen molar-refractivity contribution in [1.29, 1.82) is 0 Å². The number of esters is 1. The highest BCUT2D eigenvalue weighted by Gasteiger charge is 2.04. The topological polar surface area (TPSA) is 39.2 Å². The summed E-state index contributed by atoms with van der Waals surface area (Å²) in [7, 11) is 0. The summed E-state index contributed by atoms with van der Waals surface area (Å²) in [6.45, 7) is 2.01. The fourth-order valence-electron chi connectivity index (χ4n) is 0.916. The van der Waals surface area contributed by atoms with Gasteiger partial charge in [-0.1, -0.05) is 0 Å². The lowest BCUT2D eigenvalue weighted by Crippen LogP contribution is -1.99. The molecule has 0 aliphatic heterocycles. The van der Waals surface area contributed by atoms with Gasteiger partial charge >= 0.3 is 5.97 Å². The molecule has 0 atom stereocenters. The highest BCUT2D eigenvalue weighted by atomic mass is 127. The van der Waals surface area contributed by atoms with E-state index in [2.05, 4.69) is 9.72 Å². The van der Waals surface area contributed by atoms with E-state index >= 15 is 0 Å². The van der Waals surface area contributed by atoms with Crippen LogP contribution in [0.4, 0.5) is 4.39 Å². The van der Waals surface area contributed by atoms with Crippen molar-refractivity contribution in [2.45, 2.75) is 6.92 Å². The van der Waals surface area contributed by atoms with E-state index in [-0.39, 0.29) is 0 Å². The number of pyridine rings is 1. The highest BCUT2D eigenvalue weighted by molar-refractivity contribution is 14.1. The molecule has 1 rings (SSSR count). The third-order valence-electron chi connectivity index (χ3n) is 1.56. The minimum atomic E-state index is -0.595. The quantitative estimate of drug-likeness (QED) is 0.371. The zero-order chi connectivity index (χ0) is 11.3. The molecule has 1 heterocycles. The molecule has 0 saturated carbocycles. The van der Waals surface area contributed by atoms with E-state index in [1.165, 1.54) is 18.3 Å². The van der Waals surface area contributed by atoms with Crippen molar-refractivity contribution >= 4 is 34.6 Å². The third-order valence-corrected chi connectivity index (χ3v) is 2.50. The fraction of sp³-hybridized carbons (Fsp3) is 0.200. The Bertz CT molecular complexity index is 373. The van der Waals surface area contributed by atoms with E-state index in [0.717, 1.165) is 0 Å². The Morgan fingerprint density at radius 2 is 2.47 bits per heavy atom. The molecular formula is C10H9FINO2. The third kappa shape index (κ3) is 3.58. The first-order valence-electron chi connectivity index (χ1n) is 4.30. The number of carbonyl (C=O) groups is 1. The van der Waals surface area contributed by atoms with Gasteiger partial charge in [0.2, 0.25) is 5.95 Å². The van der Waals surface area contributed by atoms with Gasteiger partial charge in [-0.2, -0.15) is 4.39 Å². The summed E-state index contributed by atoms with van der Waals surface area (Å²) in [5, 5.41) is 0. The minimum Gasteiger partial charge on any atom is -0.463 e. The molecule has 0 aliphatic rings. The van der Waals surface area contributed by atoms with Gasteiger partial charge in [-0.05, 0) is 41.7 Å². The first-order chi connectivity index (χ1) is 7.15. The van der Waals surface area contributed by atoms with Crippen LogP contribution in [0.15, 0.2) is 18.3 Å². The van der Waals surface area contributed by atoms with Crippen molar-refractivity contribution in [3.05, 3.63) is 33.4 Å². The summed E-state index contributed by atoms with van der Waals surface area (Å²) in [5.74, 6) is -1.08. The number of nitrogens with zero attached hydrogens (tertiary/aromatic N) is 1. The lowest BCUT2D eigenvalue weighted by atomic mass is 10.2. The Labute approximate surface area is 100 Å². The Balaban J connectivity index is 2.84. The molecule has 0 radical (unpaired) electrons. The number of aromatic nitrogens is 1. The maximum Gasteiger partial charge on any atom is 0.330 e. The lowest BCUT2D eigenvalue weighted by Gasteiger charge is -1.99. The second-order valence-corrected chi connectivity index (χ2v) is 3.74. The van der Waals surface area contributed by atoms with Crippen LogP contribution in [0.3, 0.4) is 0 Å². The second-order valence-electron chi connectivity index (χ2n) is 2.58. The molecule has 0 bridgehead atoms. The fourth-order valence-corrected chi connectivity index (χ4v) is 1.48. The van der Waals surface area contributed by atoms with Crippen LogP contribution in [-0.2, 0) is 9.53 Å². The standard InChI is InChI=1S/C10H9FINO2/c1-2-15-9(14)4-3-7-8(12)5-6-13-10(7)11/h3-6H,2H2,1H3. The summed E-state index contributed by atoms with van der Waals surface area (Å²) in [5.41, 5.74) is 0.297. The van der Waals surface area contributed by atoms with Crippen LogP contribution < -0.4 is 0 Å². The average Bonchev–Trinajstić information content (AvgIpc) is 2.17. The Hall–Kier alpha value is -0.980. The van der Waals surface area contributed by atoms with Gasteiger partial charge in [-0.15, -0.1) is 0 Å². The SMILES string of the molecule is CCOC(=O)C=Cc1c(I)ccnc1F. The maximum absolute atomic E-state index is 13.2. The molecule has 3 nitrogen and oxygen atoms in total. The largest absolute Gasteiger partial charge is 0.463 e. The zero-order valence-electron chi connectivity index (χ0n) is 8.04. The van der Waals surface area contributed by atoms with Gasteiger partial charge in [0.1, 0.15) is 0 Å². The molecule has 0 fully saturated rings. The molecule has 1 aromatic rings. The van der Waals surface area contributed by atoms with Gasteiger partial charge in [0.05, 0.1) is 6.61 Å². The molecular weight excluding hydrogens is 312 g/mol. The van der Waals surface area contributed by atoms with E-state index in [1.807, 2.05) is 22.6 Å². The highest BCUT2D eigenvalue weighted by Crippen LogP contribution is 2.15. The normalized spacial score (nSPS) is 10.6. The molecule has 1 aromatic heterocycles. The summed E-state index contributed by atoms with van der Waals surface area (Å²) < 4.78 is 18.5. The van der Waals surface area contributed by atoms with Crippen molar-refractivity contribution < 1.29 is 13.9 Å². The van der Waals surface area contributed by atoms with Crippen LogP contribution in [0, 0.1) is 9.52 Å². The van der Waals surface area contributed by atoms with Gasteiger partial charge in [-0.25, -0.2) is 9.78 Å². The summed E-state index contributed by atoms with van der Waals surface area (Å²) in [6.07, 6.45) is 3.92. The molecule has 0 aromatic carbocycles. The smallest absolute Gasteiger partial charge is 0.330 e.